The molecule has 0 fully saturated rings. The Balaban J connectivity index is 1.37. The maximum absolute atomic E-state index is 12.5. The normalized spacial score (nSPS) is 12.8. The van der Waals surface area contributed by atoms with Gasteiger partial charge in [-0.25, -0.2) is 4.79 Å². The minimum atomic E-state index is -1.94. The van der Waals surface area contributed by atoms with Crippen LogP contribution in [0.1, 0.15) is 35.1 Å². The van der Waals surface area contributed by atoms with Gasteiger partial charge in [-0.2, -0.15) is 0 Å². The van der Waals surface area contributed by atoms with Crippen LogP contribution in [-0.4, -0.2) is 28.2 Å². The van der Waals surface area contributed by atoms with Crippen LogP contribution < -0.4 is 16.1 Å². The number of hydrogen-bond donors (Lipinski definition) is 2. The van der Waals surface area contributed by atoms with Crippen molar-refractivity contribution in [3.05, 3.63) is 106 Å². The second kappa shape index (κ2) is 11.2. The van der Waals surface area contributed by atoms with E-state index in [9.17, 15) is 14.7 Å². The molecule has 7 nitrogen and oxygen atoms in total. The smallest absolute Gasteiger partial charge is 0.339 e. The number of aryl methyl sites for hydroxylation is 2. The highest BCUT2D eigenvalue weighted by Crippen LogP contribution is 2.23. The molecule has 1 amide bonds. The maximum Gasteiger partial charge on any atom is 0.339 e. The lowest BCUT2D eigenvalue weighted by Crippen LogP contribution is -2.48. The molecule has 2 aromatic heterocycles. The summed E-state index contributed by atoms with van der Waals surface area (Å²) in [7, 11) is 0. The quantitative estimate of drug-likeness (QED) is 0.245. The summed E-state index contributed by atoms with van der Waals surface area (Å²) < 4.78 is 11.2. The Bertz CT molecular complexity index is 1380. The van der Waals surface area contributed by atoms with Crippen LogP contribution in [0.25, 0.3) is 11.0 Å². The van der Waals surface area contributed by atoms with Gasteiger partial charge >= 0.3 is 5.63 Å². The van der Waals surface area contributed by atoms with E-state index in [1.165, 1.54) is 5.56 Å². The number of nitrogens with two attached hydrogens (primary N) is 1. The molecule has 4 aromatic rings. The second-order valence-electron chi connectivity index (χ2n) is 9.15. The Morgan fingerprint density at radius 3 is 2.47 bits per heavy atom. The van der Waals surface area contributed by atoms with Crippen LogP contribution in [0.3, 0.4) is 0 Å². The summed E-state index contributed by atoms with van der Waals surface area (Å²) in [5, 5.41) is 11.8. The van der Waals surface area contributed by atoms with Gasteiger partial charge < -0.3 is 20.0 Å². The van der Waals surface area contributed by atoms with E-state index in [-0.39, 0.29) is 18.4 Å². The molecule has 2 aromatic carbocycles. The summed E-state index contributed by atoms with van der Waals surface area (Å²) in [4.78, 5) is 28.8. The van der Waals surface area contributed by atoms with Gasteiger partial charge in [0, 0.05) is 36.2 Å². The maximum atomic E-state index is 12.5. The van der Waals surface area contributed by atoms with E-state index < -0.39 is 17.1 Å². The number of carbonyl (C=O) groups is 1. The molecule has 0 aliphatic heterocycles. The summed E-state index contributed by atoms with van der Waals surface area (Å²) in [6.45, 7) is 2.52. The molecule has 0 saturated heterocycles. The number of carbonyl (C=O) groups excluding carboxylic acids is 1. The van der Waals surface area contributed by atoms with E-state index in [0.29, 0.717) is 23.5 Å². The molecule has 1 unspecified atom stereocenters. The average Bonchev–Trinajstić information content (AvgIpc) is 2.86. The first-order valence-corrected chi connectivity index (χ1v) is 12.0. The van der Waals surface area contributed by atoms with Gasteiger partial charge in [0.15, 0.2) is 5.60 Å². The number of ether oxygens (including phenoxy) is 1. The lowest BCUT2D eigenvalue weighted by Gasteiger charge is -2.24. The van der Waals surface area contributed by atoms with Gasteiger partial charge in [0.2, 0.25) is 5.91 Å². The number of amides is 1. The Hall–Kier alpha value is -3.97. The van der Waals surface area contributed by atoms with Crippen LogP contribution in [0.15, 0.2) is 82.3 Å². The van der Waals surface area contributed by atoms with Gasteiger partial charge in [0.05, 0.1) is 6.61 Å². The van der Waals surface area contributed by atoms with Crippen molar-refractivity contribution >= 4 is 16.9 Å². The van der Waals surface area contributed by atoms with Crippen LogP contribution in [0.4, 0.5) is 0 Å². The standard InChI is InChI=1S/C29H30N2O5/c1-20-5-10-26-23(16-20)17-24(27(32)36-26)19-29(34,28(30)33)18-22-6-8-25(9-7-22)35-15-3-2-4-21-11-13-31-14-12-21/h5-14,16-17,34H,2-4,15,18-19H2,1H3,(H2,30,33). The summed E-state index contributed by atoms with van der Waals surface area (Å²) >= 11 is 0. The number of nitrogens with zero attached hydrogens (tertiary/aromatic N) is 1. The fourth-order valence-corrected chi connectivity index (χ4v) is 4.17. The number of aromatic nitrogens is 1. The highest BCUT2D eigenvalue weighted by molar-refractivity contribution is 5.84. The number of benzene rings is 2. The van der Waals surface area contributed by atoms with Gasteiger partial charge in [-0.05, 0) is 79.8 Å². The van der Waals surface area contributed by atoms with Crippen molar-refractivity contribution in [2.75, 3.05) is 6.61 Å². The first kappa shape index (κ1) is 25.1. The molecule has 2 heterocycles. The molecule has 0 spiro atoms. The first-order valence-electron chi connectivity index (χ1n) is 12.0. The predicted molar refractivity (Wildman–Crippen MR) is 138 cm³/mol. The Morgan fingerprint density at radius 2 is 1.75 bits per heavy atom. The molecule has 0 saturated carbocycles. The fourth-order valence-electron chi connectivity index (χ4n) is 4.17. The number of hydrogen-bond acceptors (Lipinski definition) is 6. The molecule has 186 valence electrons. The first-order chi connectivity index (χ1) is 17.3. The summed E-state index contributed by atoms with van der Waals surface area (Å²) in [6, 6.07) is 18.3. The number of fused-ring (bicyclic) bond motifs is 1. The minimum Gasteiger partial charge on any atom is -0.494 e. The molecule has 0 bridgehead atoms. The van der Waals surface area contributed by atoms with Crippen molar-refractivity contribution < 1.29 is 19.1 Å². The molecule has 0 aliphatic carbocycles. The number of pyridine rings is 1. The zero-order valence-corrected chi connectivity index (χ0v) is 20.3. The van der Waals surface area contributed by atoms with Crippen LogP contribution in [-0.2, 0) is 24.1 Å². The van der Waals surface area contributed by atoms with E-state index in [1.54, 1.807) is 48.8 Å². The van der Waals surface area contributed by atoms with E-state index >= 15 is 0 Å². The SMILES string of the molecule is Cc1ccc2oc(=O)c(CC(O)(Cc3ccc(OCCCCc4ccncc4)cc3)C(N)=O)cc2c1. The van der Waals surface area contributed by atoms with Crippen molar-refractivity contribution in [2.45, 2.75) is 44.6 Å². The van der Waals surface area contributed by atoms with E-state index in [0.717, 1.165) is 30.2 Å². The third-order valence-electron chi connectivity index (χ3n) is 6.20. The van der Waals surface area contributed by atoms with Gasteiger partial charge in [0.25, 0.3) is 0 Å². The Morgan fingerprint density at radius 1 is 1.00 bits per heavy atom. The van der Waals surface area contributed by atoms with Crippen molar-refractivity contribution in [1.82, 2.24) is 4.98 Å². The lowest BCUT2D eigenvalue weighted by atomic mass is 9.87. The molecule has 36 heavy (non-hydrogen) atoms. The van der Waals surface area contributed by atoms with Crippen LogP contribution in [0.5, 0.6) is 5.75 Å². The van der Waals surface area contributed by atoms with E-state index in [1.807, 2.05) is 31.2 Å². The second-order valence-corrected chi connectivity index (χ2v) is 9.15. The molecular weight excluding hydrogens is 456 g/mol. The van der Waals surface area contributed by atoms with Crippen molar-refractivity contribution in [2.24, 2.45) is 5.73 Å². The highest BCUT2D eigenvalue weighted by atomic mass is 16.5. The summed E-state index contributed by atoms with van der Waals surface area (Å²) in [5.74, 6) is -0.198. The van der Waals surface area contributed by atoms with Gasteiger partial charge in [-0.15, -0.1) is 0 Å². The van der Waals surface area contributed by atoms with Crippen molar-refractivity contribution in [3.63, 3.8) is 0 Å². The Kier molecular flexibility index (Phi) is 7.80. The molecular formula is C29H30N2O5. The minimum absolute atomic E-state index is 0.0418. The van der Waals surface area contributed by atoms with Gasteiger partial charge in [-0.1, -0.05) is 23.8 Å². The van der Waals surface area contributed by atoms with Crippen LogP contribution in [0.2, 0.25) is 0 Å². The highest BCUT2D eigenvalue weighted by Gasteiger charge is 2.35. The summed E-state index contributed by atoms with van der Waals surface area (Å²) in [6.07, 6.45) is 6.21. The largest absolute Gasteiger partial charge is 0.494 e. The van der Waals surface area contributed by atoms with Crippen LogP contribution in [0, 0.1) is 6.92 Å². The van der Waals surface area contributed by atoms with E-state index in [2.05, 4.69) is 4.98 Å². The fraction of sp³-hybridized carbons (Fsp3) is 0.276. The number of primary amides is 1. The van der Waals surface area contributed by atoms with E-state index in [4.69, 9.17) is 14.9 Å². The zero-order chi connectivity index (χ0) is 25.5. The monoisotopic (exact) mass is 486 g/mol. The van der Waals surface area contributed by atoms with Crippen molar-refractivity contribution in [3.8, 4) is 5.75 Å². The molecule has 3 N–H and O–H groups in total. The van der Waals surface area contributed by atoms with Gasteiger partial charge in [-0.3, -0.25) is 9.78 Å². The summed E-state index contributed by atoms with van der Waals surface area (Å²) in [5.41, 5.74) is 6.63. The number of rotatable bonds is 11. The van der Waals surface area contributed by atoms with Crippen molar-refractivity contribution in [1.29, 1.82) is 0 Å². The molecule has 0 aliphatic rings. The number of aliphatic hydroxyl groups is 1. The molecule has 4 rings (SSSR count). The zero-order valence-electron chi connectivity index (χ0n) is 20.3. The third-order valence-corrected chi connectivity index (χ3v) is 6.20. The third kappa shape index (κ3) is 6.37. The van der Waals surface area contributed by atoms with Crippen LogP contribution >= 0.6 is 0 Å². The Labute approximate surface area is 209 Å². The predicted octanol–water partition coefficient (Wildman–Crippen LogP) is 3.90. The molecule has 0 radical (unpaired) electrons. The topological polar surface area (TPSA) is 116 Å². The van der Waals surface area contributed by atoms with Gasteiger partial charge in [0.1, 0.15) is 11.3 Å². The lowest BCUT2D eigenvalue weighted by molar-refractivity contribution is -0.136. The molecule has 1 atom stereocenters. The number of unbranched alkanes of at least 4 members (excludes halogenated alkanes) is 1. The average molecular weight is 487 g/mol. The molecule has 7 heteroatoms.